The molecule has 1 aromatic carbocycles. The zero-order chi connectivity index (χ0) is 24.7. The van der Waals surface area contributed by atoms with Crippen LogP contribution in [0.25, 0.3) is 16.7 Å². The molecule has 5 rings (SSSR count). The monoisotopic (exact) mass is 494 g/mol. The van der Waals surface area contributed by atoms with E-state index in [1.54, 1.807) is 4.57 Å². The summed E-state index contributed by atoms with van der Waals surface area (Å²) in [5.41, 5.74) is 2.23. The highest BCUT2D eigenvalue weighted by Crippen LogP contribution is 2.36. The van der Waals surface area contributed by atoms with Gasteiger partial charge in [0.2, 0.25) is 0 Å². The third-order valence-electron chi connectivity index (χ3n) is 7.43. The Hall–Kier alpha value is -2.64. The zero-order valence-electron chi connectivity index (χ0n) is 21.1. The van der Waals surface area contributed by atoms with Gasteiger partial charge in [-0.1, -0.05) is 43.6 Å². The molecule has 0 saturated carbocycles. The van der Waals surface area contributed by atoms with E-state index < -0.39 is 0 Å². The zero-order valence-corrected chi connectivity index (χ0v) is 21.8. The molecule has 2 atom stereocenters. The van der Waals surface area contributed by atoms with Crippen LogP contribution in [0.1, 0.15) is 58.4 Å². The molecule has 1 unspecified atom stereocenters. The van der Waals surface area contributed by atoms with Gasteiger partial charge in [0.15, 0.2) is 5.65 Å². The number of halogens is 1. The number of nitrogens with zero attached hydrogens (tertiary/aromatic N) is 5. The molecular weight excluding hydrogens is 460 g/mol. The van der Waals surface area contributed by atoms with Crippen molar-refractivity contribution in [1.29, 1.82) is 0 Å². The normalized spacial score (nSPS) is 21.2. The van der Waals surface area contributed by atoms with Crippen LogP contribution in [0.5, 0.6) is 0 Å². The van der Waals surface area contributed by atoms with Crippen molar-refractivity contribution < 1.29 is 0 Å². The van der Waals surface area contributed by atoms with Crippen LogP contribution in [0.3, 0.4) is 0 Å². The highest BCUT2D eigenvalue weighted by molar-refractivity contribution is 6.33. The van der Waals surface area contributed by atoms with E-state index in [9.17, 15) is 4.79 Å². The van der Waals surface area contributed by atoms with Gasteiger partial charge in [0.05, 0.1) is 16.1 Å². The average molecular weight is 495 g/mol. The van der Waals surface area contributed by atoms with Gasteiger partial charge in [-0.3, -0.25) is 0 Å². The molecular formula is C27H35ClN6O. The molecule has 4 heterocycles. The fourth-order valence-electron chi connectivity index (χ4n) is 5.48. The number of anilines is 2. The number of hydrogen-bond acceptors (Lipinski definition) is 6. The molecule has 2 aromatic heterocycles. The van der Waals surface area contributed by atoms with Gasteiger partial charge in [0.25, 0.3) is 0 Å². The molecule has 1 N–H and O–H groups in total. The summed E-state index contributed by atoms with van der Waals surface area (Å²) in [5, 5.41) is 4.85. The maximum absolute atomic E-state index is 13.7. The molecule has 2 fully saturated rings. The standard InChI is InChI=1S/C27H35ClN6O/c1-17(2)20-10-5-6-11-23(20)34-25-21(24(31-27(34)35)33-14-12-29-16-19(33)4)15-22(28)26(30-25)32-13-8-7-9-18(32)3/h5-6,10-11,15,17-19,29H,7-9,12-14,16H2,1-4H3/t18?,19-/m0/s1. The van der Waals surface area contributed by atoms with Crippen LogP contribution in [-0.2, 0) is 0 Å². The topological polar surface area (TPSA) is 66.3 Å². The lowest BCUT2D eigenvalue weighted by Gasteiger charge is -2.36. The summed E-state index contributed by atoms with van der Waals surface area (Å²) in [6.07, 6.45) is 3.44. The number of para-hydroxylation sites is 1. The van der Waals surface area contributed by atoms with Gasteiger partial charge in [-0.05, 0) is 56.7 Å². The van der Waals surface area contributed by atoms with Crippen LogP contribution in [0.15, 0.2) is 35.1 Å². The number of piperidine rings is 1. The Labute approximate surface area is 212 Å². The lowest BCUT2D eigenvalue weighted by atomic mass is 10.0. The number of hydrogen-bond donors (Lipinski definition) is 1. The molecule has 3 aromatic rings. The largest absolute Gasteiger partial charge is 0.355 e. The molecule has 8 heteroatoms. The van der Waals surface area contributed by atoms with Crippen molar-refractivity contribution in [1.82, 2.24) is 19.9 Å². The fourth-order valence-corrected chi connectivity index (χ4v) is 5.74. The predicted octanol–water partition coefficient (Wildman–Crippen LogP) is 4.73. The molecule has 186 valence electrons. The smallest absolute Gasteiger partial charge is 0.353 e. The van der Waals surface area contributed by atoms with Crippen LogP contribution >= 0.6 is 11.6 Å². The minimum Gasteiger partial charge on any atom is -0.353 e. The van der Waals surface area contributed by atoms with Gasteiger partial charge >= 0.3 is 5.69 Å². The number of aromatic nitrogens is 3. The highest BCUT2D eigenvalue weighted by atomic mass is 35.5. The van der Waals surface area contributed by atoms with E-state index in [2.05, 4.69) is 53.9 Å². The summed E-state index contributed by atoms with van der Waals surface area (Å²) in [7, 11) is 0. The molecule has 0 spiro atoms. The maximum Gasteiger partial charge on any atom is 0.355 e. The number of fused-ring (bicyclic) bond motifs is 1. The van der Waals surface area contributed by atoms with Gasteiger partial charge in [-0.2, -0.15) is 4.98 Å². The van der Waals surface area contributed by atoms with Gasteiger partial charge in [-0.15, -0.1) is 0 Å². The first-order chi connectivity index (χ1) is 16.9. The van der Waals surface area contributed by atoms with Crippen molar-refractivity contribution in [3.63, 3.8) is 0 Å². The molecule has 0 amide bonds. The van der Waals surface area contributed by atoms with Crippen molar-refractivity contribution in [2.24, 2.45) is 0 Å². The van der Waals surface area contributed by atoms with Crippen molar-refractivity contribution in [2.45, 2.75) is 65.0 Å². The number of piperazine rings is 1. The molecule has 35 heavy (non-hydrogen) atoms. The molecule has 0 radical (unpaired) electrons. The van der Waals surface area contributed by atoms with Crippen molar-refractivity contribution >= 4 is 34.3 Å². The van der Waals surface area contributed by atoms with E-state index in [1.807, 2.05) is 24.3 Å². The van der Waals surface area contributed by atoms with Crippen LogP contribution in [-0.4, -0.2) is 52.8 Å². The number of benzene rings is 1. The Morgan fingerprint density at radius 2 is 1.80 bits per heavy atom. The highest BCUT2D eigenvalue weighted by Gasteiger charge is 2.28. The molecule has 0 bridgehead atoms. The van der Waals surface area contributed by atoms with E-state index in [4.69, 9.17) is 16.6 Å². The predicted molar refractivity (Wildman–Crippen MR) is 145 cm³/mol. The van der Waals surface area contributed by atoms with Crippen LogP contribution in [0, 0.1) is 0 Å². The summed E-state index contributed by atoms with van der Waals surface area (Å²) < 4.78 is 1.69. The second-order valence-corrected chi connectivity index (χ2v) is 10.6. The lowest BCUT2D eigenvalue weighted by Crippen LogP contribution is -2.50. The molecule has 0 aliphatic carbocycles. The summed E-state index contributed by atoms with van der Waals surface area (Å²) in [6.45, 7) is 12.0. The van der Waals surface area contributed by atoms with Gasteiger partial charge < -0.3 is 15.1 Å². The molecule has 2 saturated heterocycles. The van der Waals surface area contributed by atoms with Crippen LogP contribution in [0.4, 0.5) is 11.6 Å². The lowest BCUT2D eigenvalue weighted by molar-refractivity contribution is 0.481. The minimum absolute atomic E-state index is 0.207. The molecule has 7 nitrogen and oxygen atoms in total. The number of pyridine rings is 1. The number of nitrogens with one attached hydrogen (secondary N) is 1. The van der Waals surface area contributed by atoms with E-state index in [0.29, 0.717) is 22.5 Å². The Morgan fingerprint density at radius 3 is 2.54 bits per heavy atom. The SMILES string of the molecule is CC(C)c1ccccc1-n1c(=O)nc(N2CCNC[C@@H]2C)c2cc(Cl)c(N3CCCCC3C)nc21. The average Bonchev–Trinajstić information content (AvgIpc) is 2.84. The third kappa shape index (κ3) is 4.40. The van der Waals surface area contributed by atoms with Gasteiger partial charge in [-0.25, -0.2) is 14.3 Å². The summed E-state index contributed by atoms with van der Waals surface area (Å²) in [5.74, 6) is 1.67. The summed E-state index contributed by atoms with van der Waals surface area (Å²) in [4.78, 5) is 28.0. The molecule has 2 aliphatic rings. The Kier molecular flexibility index (Phi) is 6.73. The fraction of sp³-hybridized carbons (Fsp3) is 0.519. The molecule has 2 aliphatic heterocycles. The van der Waals surface area contributed by atoms with E-state index in [1.165, 1.54) is 6.42 Å². The Bertz CT molecular complexity index is 1290. The van der Waals surface area contributed by atoms with E-state index >= 15 is 0 Å². The van der Waals surface area contributed by atoms with E-state index in [-0.39, 0.29) is 17.6 Å². The first-order valence-electron chi connectivity index (χ1n) is 12.8. The first-order valence-corrected chi connectivity index (χ1v) is 13.2. The second-order valence-electron chi connectivity index (χ2n) is 10.2. The van der Waals surface area contributed by atoms with Gasteiger partial charge in [0, 0.05) is 38.3 Å². The summed E-state index contributed by atoms with van der Waals surface area (Å²) >= 11 is 6.92. The summed E-state index contributed by atoms with van der Waals surface area (Å²) in [6, 6.07) is 10.6. The van der Waals surface area contributed by atoms with Crippen molar-refractivity contribution in [3.05, 3.63) is 51.4 Å². The first kappa shape index (κ1) is 24.1. The Morgan fingerprint density at radius 1 is 1.03 bits per heavy atom. The van der Waals surface area contributed by atoms with Gasteiger partial charge in [0.1, 0.15) is 11.6 Å². The van der Waals surface area contributed by atoms with Crippen LogP contribution < -0.4 is 20.8 Å². The maximum atomic E-state index is 13.7. The Balaban J connectivity index is 1.81. The quantitative estimate of drug-likeness (QED) is 0.565. The number of rotatable bonds is 4. The van der Waals surface area contributed by atoms with E-state index in [0.717, 1.165) is 61.5 Å². The van der Waals surface area contributed by atoms with Crippen molar-refractivity contribution in [3.8, 4) is 5.69 Å². The third-order valence-corrected chi connectivity index (χ3v) is 7.71. The van der Waals surface area contributed by atoms with Crippen molar-refractivity contribution in [2.75, 3.05) is 36.0 Å². The van der Waals surface area contributed by atoms with Crippen LogP contribution in [0.2, 0.25) is 5.02 Å². The second kappa shape index (κ2) is 9.78. The minimum atomic E-state index is -0.307.